The van der Waals surface area contributed by atoms with Crippen LogP contribution >= 0.6 is 0 Å². The van der Waals surface area contributed by atoms with Crippen LogP contribution in [0.5, 0.6) is 0 Å². The summed E-state index contributed by atoms with van der Waals surface area (Å²) in [7, 11) is 0. The van der Waals surface area contributed by atoms with Gasteiger partial charge in [-0.2, -0.15) is 0 Å². The molecule has 0 aromatic rings. The van der Waals surface area contributed by atoms with Crippen molar-refractivity contribution in [2.45, 2.75) is 32.6 Å². The number of carboxylic acid groups (broad SMARTS) is 1. The lowest BCUT2D eigenvalue weighted by Crippen LogP contribution is -2.55. The van der Waals surface area contributed by atoms with Crippen molar-refractivity contribution in [3.05, 3.63) is 0 Å². The number of aliphatic carboxylic acids is 1. The van der Waals surface area contributed by atoms with Gasteiger partial charge in [-0.3, -0.25) is 4.79 Å². The van der Waals surface area contributed by atoms with E-state index in [-0.39, 0.29) is 11.3 Å². The minimum absolute atomic E-state index is 0.205. The average molecular weight is 198 g/mol. The normalized spacial score (nSPS) is 27.5. The molecule has 1 N–H and O–H groups in total. The number of carbonyl (C=O) groups is 1. The predicted molar refractivity (Wildman–Crippen MR) is 52.0 cm³/mol. The van der Waals surface area contributed by atoms with Crippen LogP contribution in [0.15, 0.2) is 0 Å². The summed E-state index contributed by atoms with van der Waals surface area (Å²) in [5, 5.41) is 8.80. The highest BCUT2D eigenvalue weighted by Gasteiger charge is 2.51. The maximum absolute atomic E-state index is 10.7. The Bertz CT molecular complexity index is 229. The lowest BCUT2D eigenvalue weighted by Gasteiger charge is -2.54. The van der Waals surface area contributed by atoms with Gasteiger partial charge in [-0.15, -0.1) is 0 Å². The number of carboxylic acids is 1. The quantitative estimate of drug-likeness (QED) is 0.750. The van der Waals surface area contributed by atoms with E-state index in [2.05, 4.69) is 6.92 Å². The first-order valence-corrected chi connectivity index (χ1v) is 5.45. The molecule has 1 aliphatic heterocycles. The van der Waals surface area contributed by atoms with Crippen molar-refractivity contribution < 1.29 is 14.6 Å². The van der Waals surface area contributed by atoms with Crippen LogP contribution in [0.2, 0.25) is 0 Å². The summed E-state index contributed by atoms with van der Waals surface area (Å²) < 4.78 is 5.30. The van der Waals surface area contributed by atoms with Gasteiger partial charge in [0.15, 0.2) is 0 Å². The fourth-order valence-corrected chi connectivity index (χ4v) is 2.71. The van der Waals surface area contributed by atoms with Crippen molar-refractivity contribution in [1.82, 2.24) is 0 Å². The third-order valence-corrected chi connectivity index (χ3v) is 4.12. The van der Waals surface area contributed by atoms with Gasteiger partial charge < -0.3 is 9.84 Å². The summed E-state index contributed by atoms with van der Waals surface area (Å²) in [6.07, 6.45) is 4.15. The summed E-state index contributed by atoms with van der Waals surface area (Å²) in [4.78, 5) is 10.7. The Morgan fingerprint density at radius 2 is 2.21 bits per heavy atom. The Morgan fingerprint density at radius 1 is 1.57 bits per heavy atom. The molecular weight excluding hydrogens is 180 g/mol. The van der Waals surface area contributed by atoms with Crippen molar-refractivity contribution in [3.63, 3.8) is 0 Å². The van der Waals surface area contributed by atoms with E-state index in [1.54, 1.807) is 0 Å². The molecule has 1 heterocycles. The van der Waals surface area contributed by atoms with E-state index in [0.29, 0.717) is 6.42 Å². The molecule has 1 aliphatic carbocycles. The molecule has 0 amide bonds. The van der Waals surface area contributed by atoms with Crippen LogP contribution in [0.25, 0.3) is 0 Å². The lowest BCUT2D eigenvalue weighted by molar-refractivity contribution is -0.194. The van der Waals surface area contributed by atoms with E-state index in [0.717, 1.165) is 19.1 Å². The molecule has 0 spiro atoms. The molecule has 0 radical (unpaired) electrons. The number of hydrogen-bond acceptors (Lipinski definition) is 2. The molecule has 2 rings (SSSR count). The fourth-order valence-electron chi connectivity index (χ4n) is 2.71. The van der Waals surface area contributed by atoms with Crippen LogP contribution in [0.4, 0.5) is 0 Å². The highest BCUT2D eigenvalue weighted by atomic mass is 16.5. The molecule has 1 saturated carbocycles. The van der Waals surface area contributed by atoms with E-state index >= 15 is 0 Å². The summed E-state index contributed by atoms with van der Waals surface area (Å²) in [5.41, 5.74) is 0.205. The van der Waals surface area contributed by atoms with Gasteiger partial charge in [-0.25, -0.2) is 0 Å². The van der Waals surface area contributed by atoms with Crippen LogP contribution in [-0.2, 0) is 9.53 Å². The van der Waals surface area contributed by atoms with Crippen LogP contribution in [-0.4, -0.2) is 24.3 Å². The van der Waals surface area contributed by atoms with Gasteiger partial charge in [0.05, 0.1) is 13.2 Å². The van der Waals surface area contributed by atoms with Gasteiger partial charge in [-0.05, 0) is 24.7 Å². The van der Waals surface area contributed by atoms with Crippen molar-refractivity contribution in [1.29, 1.82) is 0 Å². The van der Waals surface area contributed by atoms with E-state index in [1.165, 1.54) is 19.3 Å². The first-order valence-electron chi connectivity index (χ1n) is 5.45. The molecule has 0 bridgehead atoms. The molecule has 1 unspecified atom stereocenters. The smallest absolute Gasteiger partial charge is 0.303 e. The van der Waals surface area contributed by atoms with Gasteiger partial charge >= 0.3 is 5.97 Å². The van der Waals surface area contributed by atoms with Crippen molar-refractivity contribution in [2.24, 2.45) is 17.3 Å². The maximum Gasteiger partial charge on any atom is 0.303 e. The van der Waals surface area contributed by atoms with E-state index in [4.69, 9.17) is 9.84 Å². The molecule has 1 atom stereocenters. The van der Waals surface area contributed by atoms with Crippen LogP contribution in [0, 0.1) is 17.3 Å². The Balaban J connectivity index is 1.99. The first kappa shape index (κ1) is 9.97. The summed E-state index contributed by atoms with van der Waals surface area (Å²) in [5.74, 6) is 0.313. The fraction of sp³-hybridized carbons (Fsp3) is 0.909. The molecule has 2 aliphatic rings. The minimum Gasteiger partial charge on any atom is -0.481 e. The monoisotopic (exact) mass is 198 g/mol. The largest absolute Gasteiger partial charge is 0.481 e. The van der Waals surface area contributed by atoms with Crippen molar-refractivity contribution in [2.75, 3.05) is 13.2 Å². The molecule has 2 fully saturated rings. The molecule has 0 aromatic heterocycles. The van der Waals surface area contributed by atoms with Crippen LogP contribution < -0.4 is 0 Å². The zero-order valence-electron chi connectivity index (χ0n) is 8.66. The van der Waals surface area contributed by atoms with Gasteiger partial charge in [0, 0.05) is 11.8 Å². The number of hydrogen-bond donors (Lipinski definition) is 1. The third-order valence-electron chi connectivity index (χ3n) is 4.12. The second kappa shape index (κ2) is 3.54. The topological polar surface area (TPSA) is 46.5 Å². The second-order valence-electron chi connectivity index (χ2n) is 4.85. The van der Waals surface area contributed by atoms with Crippen molar-refractivity contribution in [3.8, 4) is 0 Å². The molecule has 0 aromatic carbocycles. The predicted octanol–water partition coefficient (Wildman–Crippen LogP) is 1.91. The summed E-state index contributed by atoms with van der Waals surface area (Å²) in [6, 6.07) is 0. The molecule has 3 heteroatoms. The van der Waals surface area contributed by atoms with Crippen LogP contribution in [0.3, 0.4) is 0 Å². The number of ether oxygens (including phenoxy) is 1. The summed E-state index contributed by atoms with van der Waals surface area (Å²) in [6.45, 7) is 3.63. The number of rotatable bonds is 4. The van der Waals surface area contributed by atoms with Gasteiger partial charge in [0.1, 0.15) is 0 Å². The average Bonchev–Trinajstić information content (AvgIpc) is 1.90. The highest BCUT2D eigenvalue weighted by Crippen LogP contribution is 2.52. The SMILES string of the molecule is CC(CC(=O)O)C1(C2CCC2)COC1. The molecule has 14 heavy (non-hydrogen) atoms. The first-order chi connectivity index (χ1) is 6.65. The minimum atomic E-state index is -0.678. The molecule has 3 nitrogen and oxygen atoms in total. The zero-order chi connectivity index (χ0) is 10.2. The van der Waals surface area contributed by atoms with E-state index in [9.17, 15) is 4.79 Å². The highest BCUT2D eigenvalue weighted by molar-refractivity contribution is 5.67. The molecule has 1 saturated heterocycles. The zero-order valence-corrected chi connectivity index (χ0v) is 8.66. The lowest BCUT2D eigenvalue weighted by atomic mass is 9.58. The van der Waals surface area contributed by atoms with Gasteiger partial charge in [-0.1, -0.05) is 13.3 Å². The Labute approximate surface area is 84.4 Å². The second-order valence-corrected chi connectivity index (χ2v) is 4.85. The Morgan fingerprint density at radius 3 is 2.50 bits per heavy atom. The maximum atomic E-state index is 10.7. The molecular formula is C11H18O3. The van der Waals surface area contributed by atoms with Crippen LogP contribution in [0.1, 0.15) is 32.6 Å². The van der Waals surface area contributed by atoms with Crippen molar-refractivity contribution >= 4 is 5.97 Å². The Hall–Kier alpha value is -0.570. The third kappa shape index (κ3) is 1.44. The van der Waals surface area contributed by atoms with Gasteiger partial charge in [0.25, 0.3) is 0 Å². The van der Waals surface area contributed by atoms with E-state index in [1.807, 2.05) is 0 Å². The standard InChI is InChI=1S/C11H18O3/c1-8(5-10(12)13)11(6-14-7-11)9-3-2-4-9/h8-9H,2-7H2,1H3,(H,12,13). The summed E-state index contributed by atoms with van der Waals surface area (Å²) >= 11 is 0. The van der Waals surface area contributed by atoms with E-state index < -0.39 is 5.97 Å². The Kier molecular flexibility index (Phi) is 2.52. The molecule has 80 valence electrons. The van der Waals surface area contributed by atoms with Gasteiger partial charge in [0.2, 0.25) is 0 Å².